The van der Waals surface area contributed by atoms with Crippen molar-refractivity contribution in [2.75, 3.05) is 11.5 Å². The highest BCUT2D eigenvalue weighted by atomic mass is 16.3. The van der Waals surface area contributed by atoms with Gasteiger partial charge in [0, 0.05) is 0 Å². The Morgan fingerprint density at radius 1 is 0.700 bits per heavy atom. The molecule has 2 aromatic carbocycles. The number of rotatable bonds is 1. The normalized spacial score (nSPS) is 8.70. The monoisotopic (exact) mass is 276 g/mol. The van der Waals surface area contributed by atoms with Crippen molar-refractivity contribution in [3.63, 3.8) is 0 Å². The van der Waals surface area contributed by atoms with E-state index in [9.17, 15) is 0 Å². The van der Waals surface area contributed by atoms with E-state index in [1.807, 2.05) is 0 Å². The van der Waals surface area contributed by atoms with Crippen LogP contribution in [0.1, 0.15) is 26.7 Å². The van der Waals surface area contributed by atoms with E-state index in [0.717, 1.165) is 0 Å². The zero-order valence-electron chi connectivity index (χ0n) is 12.1. The minimum atomic E-state index is 0.146. The van der Waals surface area contributed by atoms with Crippen molar-refractivity contribution in [1.29, 1.82) is 0 Å². The number of para-hydroxylation sites is 4. The highest BCUT2D eigenvalue weighted by molar-refractivity contribution is 5.51. The van der Waals surface area contributed by atoms with Crippen LogP contribution in [0.4, 0.5) is 11.4 Å². The summed E-state index contributed by atoms with van der Waals surface area (Å²) in [7, 11) is 0. The molecule has 0 aliphatic rings. The fourth-order valence-electron chi connectivity index (χ4n) is 0.975. The summed E-state index contributed by atoms with van der Waals surface area (Å²) in [5, 5.41) is 17.6. The van der Waals surface area contributed by atoms with Crippen LogP contribution in [0.25, 0.3) is 0 Å². The second kappa shape index (κ2) is 10.6. The van der Waals surface area contributed by atoms with Gasteiger partial charge < -0.3 is 21.7 Å². The summed E-state index contributed by atoms with van der Waals surface area (Å²) in [6.07, 6.45) is 2.64. The predicted octanol–water partition coefficient (Wildman–Crippen LogP) is 3.76. The number of nitrogens with two attached hydrogens (primary N) is 2. The molecule has 4 nitrogen and oxygen atoms in total. The molecule has 110 valence electrons. The van der Waals surface area contributed by atoms with Crippen molar-refractivity contribution in [2.45, 2.75) is 26.7 Å². The van der Waals surface area contributed by atoms with Crippen molar-refractivity contribution < 1.29 is 10.2 Å². The van der Waals surface area contributed by atoms with Crippen LogP contribution in [0.15, 0.2) is 48.5 Å². The summed E-state index contributed by atoms with van der Waals surface area (Å²) < 4.78 is 0. The van der Waals surface area contributed by atoms with Gasteiger partial charge in [-0.15, -0.1) is 0 Å². The maximum Gasteiger partial charge on any atom is 0.138 e. The highest BCUT2D eigenvalue weighted by Crippen LogP contribution is 2.16. The summed E-state index contributed by atoms with van der Waals surface area (Å²) >= 11 is 0. The second-order valence-corrected chi connectivity index (χ2v) is 4.12. The maximum atomic E-state index is 8.79. The molecule has 2 rings (SSSR count). The van der Waals surface area contributed by atoms with Crippen LogP contribution in [0, 0.1) is 0 Å². The molecule has 4 heteroatoms. The Bertz CT molecular complexity index is 400. The van der Waals surface area contributed by atoms with E-state index in [1.165, 1.54) is 12.8 Å². The first-order chi connectivity index (χ1) is 9.52. The van der Waals surface area contributed by atoms with Gasteiger partial charge in [-0.1, -0.05) is 51.0 Å². The van der Waals surface area contributed by atoms with Crippen molar-refractivity contribution in [2.24, 2.45) is 0 Å². The Balaban J connectivity index is 0.000000289. The van der Waals surface area contributed by atoms with Crippen LogP contribution in [-0.2, 0) is 0 Å². The third-order valence-corrected chi connectivity index (χ3v) is 2.37. The van der Waals surface area contributed by atoms with E-state index in [4.69, 9.17) is 21.7 Å². The lowest BCUT2D eigenvalue weighted by atomic mass is 10.3. The summed E-state index contributed by atoms with van der Waals surface area (Å²) in [4.78, 5) is 0. The highest BCUT2D eigenvalue weighted by Gasteiger charge is 1.88. The topological polar surface area (TPSA) is 92.5 Å². The first kappa shape index (κ1) is 17.6. The minimum Gasteiger partial charge on any atom is -0.506 e. The molecule has 0 atom stereocenters. The number of hydrogen-bond donors (Lipinski definition) is 4. The third-order valence-electron chi connectivity index (χ3n) is 2.37. The van der Waals surface area contributed by atoms with Gasteiger partial charge in [0.2, 0.25) is 0 Å². The molecule has 0 radical (unpaired) electrons. The first-order valence-corrected chi connectivity index (χ1v) is 6.59. The van der Waals surface area contributed by atoms with E-state index in [2.05, 4.69) is 13.8 Å². The second-order valence-electron chi connectivity index (χ2n) is 4.12. The van der Waals surface area contributed by atoms with E-state index >= 15 is 0 Å². The molecule has 0 heterocycles. The Hall–Kier alpha value is -2.36. The van der Waals surface area contributed by atoms with Gasteiger partial charge in [-0.25, -0.2) is 0 Å². The molecule has 20 heavy (non-hydrogen) atoms. The zero-order chi connectivity index (χ0) is 15.4. The summed E-state index contributed by atoms with van der Waals surface area (Å²) in [5.74, 6) is 0.292. The van der Waals surface area contributed by atoms with E-state index in [1.54, 1.807) is 48.5 Å². The molecular weight excluding hydrogens is 252 g/mol. The van der Waals surface area contributed by atoms with Crippen LogP contribution in [0.2, 0.25) is 0 Å². The lowest BCUT2D eigenvalue weighted by molar-refractivity contribution is 0.477. The molecule has 0 unspecified atom stereocenters. The quantitative estimate of drug-likeness (QED) is 0.471. The molecule has 0 spiro atoms. The van der Waals surface area contributed by atoms with Gasteiger partial charge in [0.25, 0.3) is 0 Å². The predicted molar refractivity (Wildman–Crippen MR) is 85.6 cm³/mol. The Labute approximate surface area is 120 Å². The largest absolute Gasteiger partial charge is 0.506 e. The van der Waals surface area contributed by atoms with Gasteiger partial charge in [-0.2, -0.15) is 0 Å². The SMILES string of the molecule is CCCC.Nc1ccccc1O.Nc1ccccc1O. The van der Waals surface area contributed by atoms with Crippen LogP contribution >= 0.6 is 0 Å². The number of phenols is 2. The molecular formula is C16H24N2O2. The minimum absolute atomic E-state index is 0.146. The van der Waals surface area contributed by atoms with Gasteiger partial charge in [0.15, 0.2) is 0 Å². The average Bonchev–Trinajstić information content (AvgIpc) is 2.46. The van der Waals surface area contributed by atoms with Crippen LogP contribution < -0.4 is 11.5 Å². The molecule has 0 fully saturated rings. The third kappa shape index (κ3) is 7.87. The van der Waals surface area contributed by atoms with E-state index in [0.29, 0.717) is 11.4 Å². The molecule has 0 aromatic heterocycles. The lowest BCUT2D eigenvalue weighted by Crippen LogP contribution is -1.82. The Morgan fingerprint density at radius 2 is 1.00 bits per heavy atom. The number of phenolic OH excluding ortho intramolecular Hbond substituents is 2. The van der Waals surface area contributed by atoms with E-state index < -0.39 is 0 Å². The van der Waals surface area contributed by atoms with Gasteiger partial charge in [-0.05, 0) is 24.3 Å². The van der Waals surface area contributed by atoms with Gasteiger partial charge in [0.1, 0.15) is 11.5 Å². The molecule has 6 N–H and O–H groups in total. The van der Waals surface area contributed by atoms with Crippen LogP contribution in [-0.4, -0.2) is 10.2 Å². The Kier molecular flexibility index (Phi) is 9.31. The standard InChI is InChI=1S/2C6H7NO.C4H10/c2*7-5-3-1-2-4-6(5)8;1-3-4-2/h2*1-4,8H,7H2;3-4H2,1-2H3. The first-order valence-electron chi connectivity index (χ1n) is 6.59. The van der Waals surface area contributed by atoms with Gasteiger partial charge >= 0.3 is 0 Å². The van der Waals surface area contributed by atoms with Crippen molar-refractivity contribution in [3.05, 3.63) is 48.5 Å². The lowest BCUT2D eigenvalue weighted by Gasteiger charge is -1.92. The number of benzene rings is 2. The number of aromatic hydroxyl groups is 2. The smallest absolute Gasteiger partial charge is 0.138 e. The molecule has 0 amide bonds. The molecule has 0 aliphatic heterocycles. The van der Waals surface area contributed by atoms with Crippen molar-refractivity contribution in [1.82, 2.24) is 0 Å². The summed E-state index contributed by atoms with van der Waals surface area (Å²) in [6.45, 7) is 4.36. The van der Waals surface area contributed by atoms with Gasteiger partial charge in [-0.3, -0.25) is 0 Å². The maximum absolute atomic E-state index is 8.79. The fraction of sp³-hybridized carbons (Fsp3) is 0.250. The number of nitrogen functional groups attached to an aromatic ring is 2. The number of anilines is 2. The zero-order valence-corrected chi connectivity index (χ0v) is 12.1. The van der Waals surface area contributed by atoms with Crippen LogP contribution in [0.5, 0.6) is 11.5 Å². The molecule has 0 saturated heterocycles. The van der Waals surface area contributed by atoms with Crippen molar-refractivity contribution >= 4 is 11.4 Å². The average molecular weight is 276 g/mol. The van der Waals surface area contributed by atoms with Gasteiger partial charge in [0.05, 0.1) is 11.4 Å². The molecule has 0 saturated carbocycles. The van der Waals surface area contributed by atoms with E-state index in [-0.39, 0.29) is 11.5 Å². The number of hydrogen-bond acceptors (Lipinski definition) is 4. The summed E-state index contributed by atoms with van der Waals surface area (Å²) in [6, 6.07) is 13.4. The molecule has 0 bridgehead atoms. The van der Waals surface area contributed by atoms with Crippen molar-refractivity contribution in [3.8, 4) is 11.5 Å². The Morgan fingerprint density at radius 3 is 1.15 bits per heavy atom. The van der Waals surface area contributed by atoms with Crippen LogP contribution in [0.3, 0.4) is 0 Å². The molecule has 2 aromatic rings. The number of unbranched alkanes of at least 4 members (excludes halogenated alkanes) is 1. The fourth-order valence-corrected chi connectivity index (χ4v) is 0.975. The molecule has 0 aliphatic carbocycles. The summed E-state index contributed by atoms with van der Waals surface area (Å²) in [5.41, 5.74) is 11.4.